The van der Waals surface area contributed by atoms with Crippen LogP contribution < -0.4 is 11.1 Å². The standard InChI is InChI=1S/C16H14ClN3O5/c1-9-3-2-4-11(15(9)18)16(22)25-8-14(21)19-13-6-5-10(20(23)24)7-12(13)17/h2-7H,8,18H2,1H3,(H,19,21). The second kappa shape index (κ2) is 7.63. The lowest BCUT2D eigenvalue weighted by molar-refractivity contribution is -0.384. The van der Waals surface area contributed by atoms with Gasteiger partial charge in [-0.1, -0.05) is 23.7 Å². The molecule has 0 radical (unpaired) electrons. The topological polar surface area (TPSA) is 125 Å². The second-order valence-electron chi connectivity index (χ2n) is 5.08. The normalized spacial score (nSPS) is 10.2. The smallest absolute Gasteiger partial charge is 0.340 e. The number of rotatable bonds is 5. The van der Waals surface area contributed by atoms with Crippen LogP contribution in [0.15, 0.2) is 36.4 Å². The van der Waals surface area contributed by atoms with Crippen LogP contribution >= 0.6 is 11.6 Å². The molecule has 0 aliphatic carbocycles. The maximum Gasteiger partial charge on any atom is 0.340 e. The van der Waals surface area contributed by atoms with Crippen molar-refractivity contribution in [1.29, 1.82) is 0 Å². The van der Waals surface area contributed by atoms with Gasteiger partial charge >= 0.3 is 5.97 Å². The van der Waals surface area contributed by atoms with Crippen LogP contribution in [-0.2, 0) is 9.53 Å². The zero-order valence-electron chi connectivity index (χ0n) is 13.1. The van der Waals surface area contributed by atoms with Crippen LogP contribution in [-0.4, -0.2) is 23.4 Å². The first-order valence-corrected chi connectivity index (χ1v) is 7.43. The van der Waals surface area contributed by atoms with E-state index in [-0.39, 0.29) is 27.6 Å². The third kappa shape index (κ3) is 4.45. The molecule has 0 saturated heterocycles. The number of para-hydroxylation sites is 1. The number of halogens is 1. The lowest BCUT2D eigenvalue weighted by Gasteiger charge is -2.10. The number of anilines is 2. The molecule has 0 aromatic heterocycles. The molecule has 2 aromatic rings. The van der Waals surface area contributed by atoms with Crippen molar-refractivity contribution in [2.75, 3.05) is 17.7 Å². The minimum atomic E-state index is -0.730. The first-order valence-electron chi connectivity index (χ1n) is 7.05. The zero-order valence-corrected chi connectivity index (χ0v) is 13.9. The number of nitrogens with zero attached hydrogens (tertiary/aromatic N) is 1. The second-order valence-corrected chi connectivity index (χ2v) is 5.49. The lowest BCUT2D eigenvalue weighted by atomic mass is 10.1. The fraction of sp³-hybridized carbons (Fsp3) is 0.125. The molecule has 0 aliphatic heterocycles. The van der Waals surface area contributed by atoms with Crippen LogP contribution in [0.4, 0.5) is 17.1 Å². The molecule has 9 heteroatoms. The number of nitrogen functional groups attached to an aromatic ring is 1. The number of carbonyl (C=O) groups excluding carboxylic acids is 2. The molecular formula is C16H14ClN3O5. The Balaban J connectivity index is 1.98. The molecule has 0 aliphatic rings. The maximum absolute atomic E-state index is 12.0. The van der Waals surface area contributed by atoms with E-state index in [0.717, 1.165) is 11.6 Å². The zero-order chi connectivity index (χ0) is 18.6. The summed E-state index contributed by atoms with van der Waals surface area (Å²) in [7, 11) is 0. The van der Waals surface area contributed by atoms with Gasteiger partial charge in [-0.2, -0.15) is 0 Å². The molecule has 2 rings (SSSR count). The molecule has 1 amide bonds. The fourth-order valence-electron chi connectivity index (χ4n) is 1.97. The molecule has 0 saturated carbocycles. The van der Waals surface area contributed by atoms with Gasteiger partial charge in [-0.25, -0.2) is 4.79 Å². The van der Waals surface area contributed by atoms with E-state index in [2.05, 4.69) is 5.32 Å². The van der Waals surface area contributed by atoms with E-state index < -0.39 is 23.4 Å². The number of esters is 1. The molecule has 8 nitrogen and oxygen atoms in total. The maximum atomic E-state index is 12.0. The summed E-state index contributed by atoms with van der Waals surface area (Å²) in [6.45, 7) is 1.19. The Bertz CT molecular complexity index is 854. The third-order valence-electron chi connectivity index (χ3n) is 3.32. The SMILES string of the molecule is Cc1cccc(C(=O)OCC(=O)Nc2ccc([N+](=O)[O-])cc2Cl)c1N. The molecule has 130 valence electrons. The van der Waals surface area contributed by atoms with Gasteiger partial charge in [0.25, 0.3) is 11.6 Å². The largest absolute Gasteiger partial charge is 0.452 e. The van der Waals surface area contributed by atoms with Crippen molar-refractivity contribution >= 4 is 40.5 Å². The quantitative estimate of drug-likeness (QED) is 0.364. The van der Waals surface area contributed by atoms with E-state index >= 15 is 0 Å². The summed E-state index contributed by atoms with van der Waals surface area (Å²) in [5, 5.41) is 13.0. The van der Waals surface area contributed by atoms with Crippen molar-refractivity contribution in [3.8, 4) is 0 Å². The number of hydrogen-bond donors (Lipinski definition) is 2. The lowest BCUT2D eigenvalue weighted by Crippen LogP contribution is -2.21. The summed E-state index contributed by atoms with van der Waals surface area (Å²) in [5.74, 6) is -1.37. The number of ether oxygens (including phenoxy) is 1. The van der Waals surface area contributed by atoms with Gasteiger partial charge in [-0.15, -0.1) is 0 Å². The van der Waals surface area contributed by atoms with Gasteiger partial charge in [0.2, 0.25) is 0 Å². The highest BCUT2D eigenvalue weighted by molar-refractivity contribution is 6.34. The molecule has 2 aromatic carbocycles. The van der Waals surface area contributed by atoms with Crippen molar-refractivity contribution < 1.29 is 19.2 Å². The predicted octanol–water partition coefficient (Wildman–Crippen LogP) is 2.93. The van der Waals surface area contributed by atoms with Crippen molar-refractivity contribution in [2.45, 2.75) is 6.92 Å². The van der Waals surface area contributed by atoms with E-state index in [4.69, 9.17) is 22.1 Å². The van der Waals surface area contributed by atoms with E-state index in [0.29, 0.717) is 0 Å². The Hall–Kier alpha value is -3.13. The summed E-state index contributed by atoms with van der Waals surface area (Å²) in [5.41, 5.74) is 6.93. The van der Waals surface area contributed by atoms with Gasteiger partial charge < -0.3 is 15.8 Å². The Kier molecular flexibility index (Phi) is 5.56. The number of benzene rings is 2. The monoisotopic (exact) mass is 363 g/mol. The van der Waals surface area contributed by atoms with E-state index in [1.165, 1.54) is 18.2 Å². The van der Waals surface area contributed by atoms with Crippen LogP contribution in [0.3, 0.4) is 0 Å². The number of amides is 1. The fourth-order valence-corrected chi connectivity index (χ4v) is 2.19. The number of nitro benzene ring substituents is 1. The number of carbonyl (C=O) groups is 2. The molecule has 3 N–H and O–H groups in total. The molecule has 25 heavy (non-hydrogen) atoms. The Morgan fingerprint density at radius 1 is 1.32 bits per heavy atom. The molecule has 0 spiro atoms. The number of nitro groups is 1. The molecule has 0 unspecified atom stereocenters. The summed E-state index contributed by atoms with van der Waals surface area (Å²) in [4.78, 5) is 33.9. The van der Waals surface area contributed by atoms with Crippen molar-refractivity contribution in [3.63, 3.8) is 0 Å². The van der Waals surface area contributed by atoms with Crippen LogP contribution in [0.5, 0.6) is 0 Å². The summed E-state index contributed by atoms with van der Waals surface area (Å²) in [6.07, 6.45) is 0. The van der Waals surface area contributed by atoms with E-state index in [9.17, 15) is 19.7 Å². The van der Waals surface area contributed by atoms with Gasteiger partial charge in [0, 0.05) is 17.8 Å². The third-order valence-corrected chi connectivity index (χ3v) is 3.63. The Morgan fingerprint density at radius 2 is 2.04 bits per heavy atom. The van der Waals surface area contributed by atoms with Gasteiger partial charge in [0.05, 0.1) is 21.2 Å². The average Bonchev–Trinajstić information content (AvgIpc) is 2.56. The number of nitrogens with one attached hydrogen (secondary N) is 1. The van der Waals surface area contributed by atoms with Gasteiger partial charge in [-0.05, 0) is 24.6 Å². The number of hydrogen-bond acceptors (Lipinski definition) is 6. The van der Waals surface area contributed by atoms with Gasteiger partial charge in [0.15, 0.2) is 6.61 Å². The van der Waals surface area contributed by atoms with Gasteiger partial charge in [-0.3, -0.25) is 14.9 Å². The highest BCUT2D eigenvalue weighted by Gasteiger charge is 2.16. The van der Waals surface area contributed by atoms with Gasteiger partial charge in [0.1, 0.15) is 0 Å². The van der Waals surface area contributed by atoms with Crippen LogP contribution in [0.2, 0.25) is 5.02 Å². The minimum absolute atomic E-state index is 0.00296. The van der Waals surface area contributed by atoms with Crippen molar-refractivity contribution in [2.24, 2.45) is 0 Å². The summed E-state index contributed by atoms with van der Waals surface area (Å²) >= 11 is 5.87. The average molecular weight is 364 g/mol. The van der Waals surface area contributed by atoms with Crippen molar-refractivity contribution in [3.05, 3.63) is 62.7 Å². The summed E-state index contributed by atoms with van der Waals surface area (Å²) < 4.78 is 4.92. The highest BCUT2D eigenvalue weighted by Crippen LogP contribution is 2.26. The minimum Gasteiger partial charge on any atom is -0.452 e. The molecular weight excluding hydrogens is 350 g/mol. The van der Waals surface area contributed by atoms with Crippen LogP contribution in [0, 0.1) is 17.0 Å². The van der Waals surface area contributed by atoms with E-state index in [1.54, 1.807) is 19.1 Å². The molecule has 0 heterocycles. The van der Waals surface area contributed by atoms with Crippen LogP contribution in [0.1, 0.15) is 15.9 Å². The van der Waals surface area contributed by atoms with Crippen molar-refractivity contribution in [1.82, 2.24) is 0 Å². The first kappa shape index (κ1) is 18.2. The predicted molar refractivity (Wildman–Crippen MR) is 92.6 cm³/mol. The highest BCUT2D eigenvalue weighted by atomic mass is 35.5. The summed E-state index contributed by atoms with van der Waals surface area (Å²) in [6, 6.07) is 8.49. The molecule has 0 atom stereocenters. The Labute approximate surface area is 147 Å². The first-order chi connectivity index (χ1) is 11.8. The number of aryl methyl sites for hydroxylation is 1. The molecule has 0 fully saturated rings. The molecule has 0 bridgehead atoms. The number of non-ortho nitro benzene ring substituents is 1. The van der Waals surface area contributed by atoms with E-state index in [1.807, 2.05) is 0 Å². The number of nitrogens with two attached hydrogens (primary N) is 1. The van der Waals surface area contributed by atoms with Crippen LogP contribution in [0.25, 0.3) is 0 Å². The Morgan fingerprint density at radius 3 is 2.68 bits per heavy atom.